The van der Waals surface area contributed by atoms with Crippen molar-refractivity contribution in [1.29, 1.82) is 21.0 Å². The molecule has 1 aliphatic carbocycles. The van der Waals surface area contributed by atoms with E-state index in [2.05, 4.69) is 127 Å². The second kappa shape index (κ2) is 43.8. The molecular formula is C92H106N20O8. The van der Waals surface area contributed by atoms with E-state index in [1.807, 2.05) is 146 Å². The van der Waals surface area contributed by atoms with Gasteiger partial charge in [-0.05, 0) is 97.2 Å². The highest BCUT2D eigenvalue weighted by atomic mass is 16.5. The zero-order chi connectivity index (χ0) is 84.1. The maximum Gasteiger partial charge on any atom is 0.330 e. The summed E-state index contributed by atoms with van der Waals surface area (Å²) >= 11 is 0. The predicted molar refractivity (Wildman–Crippen MR) is 460 cm³/mol. The molecule has 622 valence electrons. The van der Waals surface area contributed by atoms with Crippen molar-refractivity contribution in [3.63, 3.8) is 0 Å². The average molecular weight is 1620 g/mol. The zero-order valence-corrected chi connectivity index (χ0v) is 69.0. The Morgan fingerprint density at radius 1 is 0.392 bits per heavy atom. The molecule has 28 heteroatoms. The minimum absolute atomic E-state index is 0.110. The Balaban J connectivity index is 0.000000147. The molecule has 5 aliphatic rings. The number of hydrogen-bond donors (Lipinski definition) is 4. The van der Waals surface area contributed by atoms with Gasteiger partial charge in [-0.3, -0.25) is 19.2 Å². The second-order valence-electron chi connectivity index (χ2n) is 30.6. The maximum absolute atomic E-state index is 13.0. The number of fused-ring (bicyclic) bond motifs is 4. The van der Waals surface area contributed by atoms with Gasteiger partial charge < -0.3 is 59.8 Å². The van der Waals surface area contributed by atoms with Crippen molar-refractivity contribution in [1.82, 2.24) is 61.1 Å². The van der Waals surface area contributed by atoms with Crippen LogP contribution in [0, 0.1) is 63.1 Å². The summed E-state index contributed by atoms with van der Waals surface area (Å²) in [6.07, 6.45) is 8.26. The summed E-state index contributed by atoms with van der Waals surface area (Å²) in [5, 5.41) is 53.0. The number of piperazine rings is 4. The van der Waals surface area contributed by atoms with Crippen molar-refractivity contribution in [2.45, 2.75) is 128 Å². The molecular weight excluding hydrogens is 1510 g/mol. The number of esters is 4. The fourth-order valence-corrected chi connectivity index (χ4v) is 15.2. The first-order valence-corrected chi connectivity index (χ1v) is 42.0. The SMILES string of the molecule is CCC(CC)COC(=O)C(C#N)c1nc2ccccc2nc1N1CCNC(c2ccccc2)C1.CCC(CC)COC(=O)C(C#N)c1nc2ccccc2nc1N1CCN[C@@H](C)C1.N#CC(C(=O)OCC1CCCC1)c1nc2ccccc2nc1N1CCNCC1.N#CC(C(=O)OCc1ccccc1)c1nc2ccccc2nc1N1CCNCC1. The van der Waals surface area contributed by atoms with Crippen LogP contribution in [-0.4, -0.2) is 181 Å². The Morgan fingerprint density at radius 3 is 1.07 bits per heavy atom. The number of rotatable bonds is 25. The molecule has 4 aliphatic heterocycles. The van der Waals surface area contributed by atoms with Crippen LogP contribution in [0.3, 0.4) is 0 Å². The molecule has 10 aromatic rings. The summed E-state index contributed by atoms with van der Waals surface area (Å²) in [5.41, 5.74) is 9.19. The monoisotopic (exact) mass is 1620 g/mol. The number of carbonyl (C=O) groups is 4. The van der Waals surface area contributed by atoms with Gasteiger partial charge in [0.25, 0.3) is 0 Å². The lowest BCUT2D eigenvalue weighted by atomic mass is 10.0. The van der Waals surface area contributed by atoms with Crippen molar-refractivity contribution in [2.75, 3.05) is 131 Å². The van der Waals surface area contributed by atoms with Crippen LogP contribution in [0.2, 0.25) is 0 Å². The van der Waals surface area contributed by atoms with E-state index >= 15 is 0 Å². The van der Waals surface area contributed by atoms with Gasteiger partial charge >= 0.3 is 23.9 Å². The molecule has 4 N–H and O–H groups in total. The summed E-state index contributed by atoms with van der Waals surface area (Å²) < 4.78 is 22.0. The van der Waals surface area contributed by atoms with Gasteiger partial charge in [-0.15, -0.1) is 0 Å². The van der Waals surface area contributed by atoms with Crippen LogP contribution in [0.4, 0.5) is 23.3 Å². The van der Waals surface area contributed by atoms with Gasteiger partial charge in [-0.25, -0.2) is 39.9 Å². The van der Waals surface area contributed by atoms with Crippen molar-refractivity contribution >= 4 is 91.3 Å². The summed E-state index contributed by atoms with van der Waals surface area (Å²) in [6, 6.07) is 58.6. The first-order chi connectivity index (χ1) is 58.7. The lowest BCUT2D eigenvalue weighted by Crippen LogP contribution is -2.50. The fraction of sp³-hybridized carbons (Fsp3) is 0.435. The van der Waals surface area contributed by atoms with E-state index in [0.717, 1.165) is 145 Å². The number of ether oxygens (including phenoxy) is 4. The smallest absolute Gasteiger partial charge is 0.330 e. The van der Waals surface area contributed by atoms with Crippen LogP contribution < -0.4 is 40.9 Å². The number of hydrogen-bond acceptors (Lipinski definition) is 28. The largest absolute Gasteiger partial charge is 0.464 e. The van der Waals surface area contributed by atoms with Gasteiger partial charge in [0.15, 0.2) is 46.9 Å². The number of nitrogens with one attached hydrogen (secondary N) is 4. The Labute approximate surface area is 701 Å². The van der Waals surface area contributed by atoms with Gasteiger partial charge in [-0.1, -0.05) is 175 Å². The molecule has 1 saturated carbocycles. The Hall–Kier alpha value is -12.4. The fourth-order valence-electron chi connectivity index (χ4n) is 15.2. The standard InChI is InChI=1S/C27H31N5O2.C22H21N5O2.C22H29N5O2.C21H25N5O2/c1-3-19(4-2)18-34-27(33)21(16-28)25-26(31-23-13-9-8-12-22(23)30-25)32-15-14-29-24(17-32)20-10-6-5-7-11-20;23-14-17(22(28)29-15-16-6-2-1-3-7-16)20-21(27-12-10-24-11-13-27)26-19-9-5-4-8-18(19)25-20;1-4-16(5-2)14-29-22(28)17(12-23)20-21(27-11-10-24-15(3)13-27)26-19-9-7-6-8-18(19)25-20;22-13-16(21(27)28-14-15-5-1-2-6-15)19-20(26-11-9-23-10-12-26)25-18-8-4-3-7-17(18)24-19/h5-13,19,21,24,29H,3-4,14-15,17-18H2,1-2H3;1-9,17,24H,10-13,15H2;6-9,15-17,24H,4-5,10-11,13-14H2,1-3H3;3-4,7-8,15-16,23H,1-2,5-6,9-12,14H2/t;;15-,17?;/m..0./s1. The molecule has 0 spiro atoms. The lowest BCUT2D eigenvalue weighted by molar-refractivity contribution is -0.146. The highest BCUT2D eigenvalue weighted by molar-refractivity contribution is 5.89. The highest BCUT2D eigenvalue weighted by Crippen LogP contribution is 2.36. The number of para-hydroxylation sites is 8. The molecule has 0 bridgehead atoms. The molecule has 15 rings (SSSR count). The van der Waals surface area contributed by atoms with Crippen LogP contribution >= 0.6 is 0 Å². The number of nitriles is 4. The third kappa shape index (κ3) is 22.5. The summed E-state index contributed by atoms with van der Waals surface area (Å²) in [5.74, 6) is -3.31. The summed E-state index contributed by atoms with van der Waals surface area (Å²) in [6.45, 7) is 22.2. The van der Waals surface area contributed by atoms with Gasteiger partial charge in [0.2, 0.25) is 0 Å². The minimum atomic E-state index is -1.14. The zero-order valence-electron chi connectivity index (χ0n) is 69.0. The van der Waals surface area contributed by atoms with E-state index in [4.69, 9.17) is 43.9 Å². The molecule has 0 radical (unpaired) electrons. The number of benzene rings is 6. The van der Waals surface area contributed by atoms with E-state index in [0.29, 0.717) is 113 Å². The van der Waals surface area contributed by atoms with Crippen molar-refractivity contribution in [3.8, 4) is 24.3 Å². The molecule has 6 aromatic carbocycles. The molecule has 6 atom stereocenters. The van der Waals surface area contributed by atoms with Gasteiger partial charge in [0, 0.05) is 104 Å². The molecule has 4 aromatic heterocycles. The molecule has 8 heterocycles. The Bertz CT molecular complexity index is 5270. The van der Waals surface area contributed by atoms with E-state index in [1.165, 1.54) is 18.4 Å². The third-order valence-corrected chi connectivity index (χ3v) is 22.4. The van der Waals surface area contributed by atoms with Crippen LogP contribution in [0.25, 0.3) is 44.1 Å². The topological polar surface area (TPSA) is 365 Å². The number of aromatic nitrogens is 8. The molecule has 0 amide bonds. The van der Waals surface area contributed by atoms with Crippen molar-refractivity contribution < 1.29 is 38.1 Å². The second-order valence-corrected chi connectivity index (χ2v) is 30.6. The minimum Gasteiger partial charge on any atom is -0.464 e. The number of carbonyl (C=O) groups excluding carboxylic acids is 4. The van der Waals surface area contributed by atoms with Crippen LogP contribution in [0.5, 0.6) is 0 Å². The van der Waals surface area contributed by atoms with Gasteiger partial charge in [0.05, 0.1) is 88.2 Å². The van der Waals surface area contributed by atoms with Crippen LogP contribution in [0.1, 0.15) is 150 Å². The Kier molecular flexibility index (Phi) is 31.7. The first kappa shape index (κ1) is 86.9. The molecule has 28 nitrogen and oxygen atoms in total. The van der Waals surface area contributed by atoms with Gasteiger partial charge in [0.1, 0.15) is 29.4 Å². The molecule has 5 fully saturated rings. The average Bonchev–Trinajstić information content (AvgIpc) is 0.897. The maximum atomic E-state index is 13.0. The summed E-state index contributed by atoms with van der Waals surface area (Å²) in [7, 11) is 0. The van der Waals surface area contributed by atoms with E-state index in [-0.39, 0.29) is 24.6 Å². The van der Waals surface area contributed by atoms with Crippen molar-refractivity contribution in [3.05, 3.63) is 192 Å². The third-order valence-electron chi connectivity index (χ3n) is 22.4. The molecule has 120 heavy (non-hydrogen) atoms. The van der Waals surface area contributed by atoms with Crippen molar-refractivity contribution in [2.24, 2.45) is 17.8 Å². The quantitative estimate of drug-likeness (QED) is 0.0305. The van der Waals surface area contributed by atoms with E-state index in [9.17, 15) is 40.2 Å². The number of nitrogens with zero attached hydrogens (tertiary/aromatic N) is 16. The number of anilines is 4. The summed E-state index contributed by atoms with van der Waals surface area (Å²) in [4.78, 5) is 97.7. The molecule has 5 unspecified atom stereocenters. The normalized spacial score (nSPS) is 17.1. The first-order valence-electron chi connectivity index (χ1n) is 42.0. The predicted octanol–water partition coefficient (Wildman–Crippen LogP) is 12.2. The van der Waals surface area contributed by atoms with Gasteiger partial charge in [-0.2, -0.15) is 21.0 Å². The highest BCUT2D eigenvalue weighted by Gasteiger charge is 2.37. The van der Waals surface area contributed by atoms with E-state index < -0.39 is 47.5 Å². The van der Waals surface area contributed by atoms with Crippen LogP contribution in [-0.2, 0) is 44.7 Å². The lowest BCUT2D eigenvalue weighted by Gasteiger charge is -2.35. The molecule has 4 saturated heterocycles. The van der Waals surface area contributed by atoms with Crippen LogP contribution in [0.15, 0.2) is 158 Å². The van der Waals surface area contributed by atoms with E-state index in [1.54, 1.807) is 0 Å². The Morgan fingerprint density at radius 2 is 0.708 bits per heavy atom.